The van der Waals surface area contributed by atoms with Crippen LogP contribution in [-0.2, 0) is 6.54 Å². The molecule has 0 spiro atoms. The van der Waals surface area contributed by atoms with Gasteiger partial charge in [-0.1, -0.05) is 17.3 Å². The lowest BCUT2D eigenvalue weighted by molar-refractivity contribution is 0.0945. The highest BCUT2D eigenvalue weighted by Gasteiger charge is 2.15. The van der Waals surface area contributed by atoms with Crippen LogP contribution in [0.3, 0.4) is 0 Å². The number of ether oxygens (including phenoxy) is 2. The molecule has 0 aliphatic rings. The number of hydrogen-bond donors (Lipinski definition) is 1. The Labute approximate surface area is 158 Å². The van der Waals surface area contributed by atoms with Crippen LogP contribution in [0.25, 0.3) is 11.4 Å². The Morgan fingerprint density at radius 1 is 1.19 bits per heavy atom. The second-order valence-electron chi connectivity index (χ2n) is 5.24. The smallest absolute Gasteiger partial charge is 0.252 e. The fraction of sp³-hybridized carbons (Fsp3) is 0.167. The molecule has 0 saturated heterocycles. The second-order valence-corrected chi connectivity index (χ2v) is 6.09. The molecule has 8 heteroatoms. The van der Waals surface area contributed by atoms with Gasteiger partial charge in [0.05, 0.1) is 31.9 Å². The second kappa shape index (κ2) is 8.01. The quantitative estimate of drug-likeness (QED) is 0.660. The van der Waals surface area contributed by atoms with E-state index in [0.29, 0.717) is 38.8 Å². The fourth-order valence-corrected chi connectivity index (χ4v) is 2.78. The first kappa shape index (κ1) is 17.9. The van der Waals surface area contributed by atoms with Crippen LogP contribution in [0, 0.1) is 0 Å². The highest BCUT2D eigenvalue weighted by molar-refractivity contribution is 9.10. The zero-order valence-electron chi connectivity index (χ0n) is 14.2. The van der Waals surface area contributed by atoms with Gasteiger partial charge in [0, 0.05) is 10.5 Å². The van der Waals surface area contributed by atoms with E-state index in [2.05, 4.69) is 31.4 Å². The van der Waals surface area contributed by atoms with Gasteiger partial charge in [-0.25, -0.2) is 0 Å². The predicted octanol–water partition coefficient (Wildman–Crippen LogP) is 3.45. The maximum absolute atomic E-state index is 12.2. The van der Waals surface area contributed by atoms with Crippen molar-refractivity contribution in [3.63, 3.8) is 0 Å². The highest BCUT2D eigenvalue weighted by atomic mass is 79.9. The summed E-state index contributed by atoms with van der Waals surface area (Å²) in [7, 11) is 3.13. The van der Waals surface area contributed by atoms with Gasteiger partial charge in [-0.2, -0.15) is 4.98 Å². The summed E-state index contributed by atoms with van der Waals surface area (Å²) < 4.78 is 16.4. The van der Waals surface area contributed by atoms with Crippen molar-refractivity contribution < 1.29 is 18.8 Å². The maximum Gasteiger partial charge on any atom is 0.252 e. The molecule has 26 heavy (non-hydrogen) atoms. The number of rotatable bonds is 6. The van der Waals surface area contributed by atoms with Crippen molar-refractivity contribution in [2.75, 3.05) is 14.2 Å². The van der Waals surface area contributed by atoms with Gasteiger partial charge in [0.15, 0.2) is 0 Å². The first-order chi connectivity index (χ1) is 12.6. The van der Waals surface area contributed by atoms with E-state index in [9.17, 15) is 4.79 Å². The lowest BCUT2D eigenvalue weighted by atomic mass is 10.2. The molecule has 1 amide bonds. The van der Waals surface area contributed by atoms with Crippen molar-refractivity contribution in [2.45, 2.75) is 6.54 Å². The summed E-state index contributed by atoms with van der Waals surface area (Å²) in [5.74, 6) is 1.65. The molecule has 1 heterocycles. The van der Waals surface area contributed by atoms with E-state index in [1.54, 1.807) is 50.6 Å². The average Bonchev–Trinajstić information content (AvgIpc) is 3.14. The Balaban J connectivity index is 1.73. The van der Waals surface area contributed by atoms with Crippen molar-refractivity contribution in [3.8, 4) is 22.9 Å². The molecule has 0 saturated carbocycles. The minimum atomic E-state index is -0.237. The molecule has 0 aliphatic heterocycles. The number of carbonyl (C=O) groups excluding carboxylic acids is 1. The van der Waals surface area contributed by atoms with Crippen LogP contribution in [0.2, 0.25) is 0 Å². The van der Waals surface area contributed by atoms with Crippen LogP contribution in [0.4, 0.5) is 0 Å². The Hall–Kier alpha value is -2.87. The van der Waals surface area contributed by atoms with Gasteiger partial charge >= 0.3 is 0 Å². The van der Waals surface area contributed by atoms with E-state index in [0.717, 1.165) is 0 Å². The van der Waals surface area contributed by atoms with Gasteiger partial charge in [0.25, 0.3) is 5.91 Å². The number of nitrogens with zero attached hydrogens (tertiary/aromatic N) is 2. The van der Waals surface area contributed by atoms with Gasteiger partial charge in [0.2, 0.25) is 11.7 Å². The van der Waals surface area contributed by atoms with Gasteiger partial charge < -0.3 is 19.3 Å². The molecule has 7 nitrogen and oxygen atoms in total. The number of aromatic nitrogens is 2. The number of nitrogens with one attached hydrogen (secondary N) is 1. The summed E-state index contributed by atoms with van der Waals surface area (Å²) in [6.45, 7) is 0.117. The predicted molar refractivity (Wildman–Crippen MR) is 98.2 cm³/mol. The topological polar surface area (TPSA) is 86.5 Å². The third-order valence-electron chi connectivity index (χ3n) is 3.64. The molecule has 0 radical (unpaired) electrons. The van der Waals surface area contributed by atoms with Crippen LogP contribution in [0.5, 0.6) is 11.5 Å². The first-order valence-electron chi connectivity index (χ1n) is 7.70. The molecule has 2 aromatic carbocycles. The Morgan fingerprint density at radius 3 is 2.73 bits per heavy atom. The zero-order chi connectivity index (χ0) is 18.5. The van der Waals surface area contributed by atoms with Gasteiger partial charge in [-0.3, -0.25) is 4.79 Å². The van der Waals surface area contributed by atoms with Crippen molar-refractivity contribution in [3.05, 3.63) is 58.4 Å². The number of halogens is 1. The monoisotopic (exact) mass is 417 g/mol. The molecule has 3 rings (SSSR count). The summed E-state index contributed by atoms with van der Waals surface area (Å²) in [4.78, 5) is 16.5. The van der Waals surface area contributed by atoms with E-state index in [1.807, 2.05) is 6.07 Å². The highest BCUT2D eigenvalue weighted by Crippen LogP contribution is 2.31. The van der Waals surface area contributed by atoms with Gasteiger partial charge in [-0.05, 0) is 40.2 Å². The molecule has 0 bridgehead atoms. The number of benzene rings is 2. The minimum absolute atomic E-state index is 0.117. The van der Waals surface area contributed by atoms with Gasteiger partial charge in [-0.15, -0.1) is 0 Å². The van der Waals surface area contributed by atoms with Crippen LogP contribution < -0.4 is 14.8 Å². The molecular weight excluding hydrogens is 402 g/mol. The van der Waals surface area contributed by atoms with E-state index >= 15 is 0 Å². The summed E-state index contributed by atoms with van der Waals surface area (Å²) in [6.07, 6.45) is 0. The minimum Gasteiger partial charge on any atom is -0.497 e. The van der Waals surface area contributed by atoms with Crippen LogP contribution in [0.15, 0.2) is 51.5 Å². The standard InChI is InChI=1S/C18H16BrN3O4/c1-24-11-7-8-13(15(9-11)25-2)17-21-16(26-22-17)10-20-18(23)12-5-3-4-6-14(12)19/h3-9H,10H2,1-2H3,(H,20,23). The fourth-order valence-electron chi connectivity index (χ4n) is 2.32. The maximum atomic E-state index is 12.2. The van der Waals surface area contributed by atoms with Crippen molar-refractivity contribution >= 4 is 21.8 Å². The molecule has 1 N–H and O–H groups in total. The molecule has 0 fully saturated rings. The molecule has 1 aromatic heterocycles. The van der Waals surface area contributed by atoms with Crippen molar-refractivity contribution in [1.29, 1.82) is 0 Å². The van der Waals surface area contributed by atoms with E-state index in [-0.39, 0.29) is 12.5 Å². The SMILES string of the molecule is COc1ccc(-c2noc(CNC(=O)c3ccccc3Br)n2)c(OC)c1. The normalized spacial score (nSPS) is 10.4. The third kappa shape index (κ3) is 3.85. The average molecular weight is 418 g/mol. The number of methoxy groups -OCH3 is 2. The van der Waals surface area contributed by atoms with Crippen molar-refractivity contribution in [2.24, 2.45) is 0 Å². The summed E-state index contributed by atoms with van der Waals surface area (Å²) in [5.41, 5.74) is 1.20. The molecule has 0 aliphatic carbocycles. The number of amides is 1. The zero-order valence-corrected chi connectivity index (χ0v) is 15.7. The molecule has 0 atom stereocenters. The molecule has 0 unspecified atom stereocenters. The van der Waals surface area contributed by atoms with E-state index in [4.69, 9.17) is 14.0 Å². The lowest BCUT2D eigenvalue weighted by Crippen LogP contribution is -2.23. The van der Waals surface area contributed by atoms with Crippen LogP contribution >= 0.6 is 15.9 Å². The third-order valence-corrected chi connectivity index (χ3v) is 4.33. The molecular formula is C18H16BrN3O4. The van der Waals surface area contributed by atoms with E-state index < -0.39 is 0 Å². The number of hydrogen-bond acceptors (Lipinski definition) is 6. The molecule has 134 valence electrons. The van der Waals surface area contributed by atoms with Crippen LogP contribution in [0.1, 0.15) is 16.2 Å². The largest absolute Gasteiger partial charge is 0.497 e. The lowest BCUT2D eigenvalue weighted by Gasteiger charge is -2.07. The van der Waals surface area contributed by atoms with Gasteiger partial charge in [0.1, 0.15) is 11.5 Å². The van der Waals surface area contributed by atoms with Crippen LogP contribution in [-0.4, -0.2) is 30.3 Å². The summed E-state index contributed by atoms with van der Waals surface area (Å²) >= 11 is 3.35. The molecule has 3 aromatic rings. The number of carbonyl (C=O) groups is 1. The van der Waals surface area contributed by atoms with E-state index in [1.165, 1.54) is 0 Å². The Morgan fingerprint density at radius 2 is 2.00 bits per heavy atom. The van der Waals surface area contributed by atoms with Crippen molar-refractivity contribution in [1.82, 2.24) is 15.5 Å². The Kier molecular flexibility index (Phi) is 5.52. The first-order valence-corrected chi connectivity index (χ1v) is 8.49. The summed E-state index contributed by atoms with van der Waals surface area (Å²) in [5, 5.41) is 6.70. The summed E-state index contributed by atoms with van der Waals surface area (Å²) in [6, 6.07) is 12.5. The Bertz CT molecular complexity index is 926.